The number of hydrogen-bond acceptors (Lipinski definition) is 27. The predicted octanol–water partition coefficient (Wildman–Crippen LogP) is 18.8. The van der Waals surface area contributed by atoms with Crippen molar-refractivity contribution >= 4 is 54.0 Å². The lowest BCUT2D eigenvalue weighted by Gasteiger charge is -2.33. The molecule has 6 aliphatic carbocycles. The number of aromatic amines is 4. The molecule has 0 amide bonds. The fraction of sp³-hybridized carbons (Fsp3) is 0.312. The average Bonchev–Trinajstić information content (AvgIpc) is 1.61. The highest BCUT2D eigenvalue weighted by molar-refractivity contribution is 7.92. The first-order chi connectivity index (χ1) is 68.4. The van der Waals surface area contributed by atoms with E-state index in [1.165, 1.54) is 0 Å². The summed E-state index contributed by atoms with van der Waals surface area (Å²) in [6.07, 6.45) is 25.9. The lowest BCUT2D eigenvalue weighted by atomic mass is 9.82. The molecule has 712 valence electrons. The Bertz CT molecular complexity index is 7600. The summed E-state index contributed by atoms with van der Waals surface area (Å²) in [6.45, 7) is 11.2. The quantitative estimate of drug-likeness (QED) is 0.0269. The van der Waals surface area contributed by atoms with E-state index in [0.717, 1.165) is 195 Å². The molecule has 4 atom stereocenters. The van der Waals surface area contributed by atoms with E-state index in [0.29, 0.717) is 150 Å². The summed E-state index contributed by atoms with van der Waals surface area (Å²) in [5.41, 5.74) is 27.3. The number of pyridine rings is 7. The molecule has 4 aromatic carbocycles. The first-order valence-corrected chi connectivity index (χ1v) is 50.2. The number of aliphatic hydroxyl groups is 4. The van der Waals surface area contributed by atoms with Gasteiger partial charge in [-0.25, -0.2) is 28.4 Å². The number of fused-ring (bicyclic) bond motifs is 4. The number of aromatic nitrogens is 19. The standard InChI is InChI=1S/C30H27N5O2.2C27H26N6O2.C25H26N4O4S/c36-30(23-5-1-3-13-31-23,24-6-2-4-14-32-24)21-15-20(16-22-27(21)34-29(33-22)19-11-12-19)25-26(17-7-8-17)35-37-28(25)18-9-10-18;1-15(28)25-23(16(2)33-35-25)18-13-19(24-20(14-18)31-26(32-24)17-9-10-17)27(34,21-7-3-5-11-29-21)22-8-4-6-12-30-22;1-15(28)24-23(16(2)35-33-24)18-13-19(25-20(14-18)31-26(32-25)17-9-10-17)27(34,21-7-3-5-11-29-21)22-8-4-6-12-30-22;1-14-22(15(2)33-29-14)17-12-18(23-19(13-17)27-24(28-23)16-8-9-16)25(30,20-6-3-4-10-26-20)21-7-5-11-34(21,31)32/h1-6,13-19,36H,7-12H2,(H,33,34);2*3-8,11-15,17,34H,9-10,28H2,1-2H3,(H,31,32);3-4,6,10,12-13,16,21,30H,5,7-9,11H2,1-2H3,(H,27,28)/t;2*15-;/m.01./s1. The number of nitrogens with one attached hydrogen (secondary N) is 4. The Morgan fingerprint density at radius 2 is 0.681 bits per heavy atom. The minimum atomic E-state index is -3.55. The summed E-state index contributed by atoms with van der Waals surface area (Å²) in [6, 6.07) is 53.7. The maximum Gasteiger partial charge on any atom is 0.176 e. The van der Waals surface area contributed by atoms with E-state index in [4.69, 9.17) is 49.5 Å². The van der Waals surface area contributed by atoms with Crippen molar-refractivity contribution in [3.8, 4) is 44.5 Å². The Morgan fingerprint density at radius 3 is 1.01 bits per heavy atom. The number of sulfone groups is 1. The van der Waals surface area contributed by atoms with E-state index in [9.17, 15) is 28.8 Å². The van der Waals surface area contributed by atoms with Crippen molar-refractivity contribution in [2.24, 2.45) is 11.5 Å². The lowest BCUT2D eigenvalue weighted by molar-refractivity contribution is 0.0715. The summed E-state index contributed by atoms with van der Waals surface area (Å²) in [5, 5.41) is 66.2. The van der Waals surface area contributed by atoms with Gasteiger partial charge in [0.1, 0.15) is 51.5 Å². The molecule has 32 heteroatoms. The molecule has 15 aromatic heterocycles. The molecule has 26 rings (SSSR count). The van der Waals surface area contributed by atoms with Gasteiger partial charge in [-0.15, -0.1) is 0 Å². The van der Waals surface area contributed by atoms with Gasteiger partial charge in [0.2, 0.25) is 0 Å². The number of benzene rings is 4. The van der Waals surface area contributed by atoms with Crippen LogP contribution in [-0.4, -0.2) is 135 Å². The Balaban J connectivity index is 0.000000105. The molecule has 1 saturated heterocycles. The molecule has 0 radical (unpaired) electrons. The number of H-pyrrole nitrogens is 4. The third-order valence-electron chi connectivity index (χ3n) is 28.4. The minimum Gasteiger partial charge on any atom is -0.377 e. The van der Waals surface area contributed by atoms with Crippen molar-refractivity contribution in [2.75, 3.05) is 5.75 Å². The number of nitrogens with two attached hydrogens (primary N) is 2. The van der Waals surface area contributed by atoms with Gasteiger partial charge in [-0.3, -0.25) is 34.9 Å². The molecule has 0 spiro atoms. The van der Waals surface area contributed by atoms with Gasteiger partial charge in [0.05, 0.1) is 113 Å². The zero-order chi connectivity index (χ0) is 96.5. The van der Waals surface area contributed by atoms with Crippen LogP contribution in [-0.2, 0) is 32.2 Å². The van der Waals surface area contributed by atoms with Crippen LogP contribution in [0.4, 0.5) is 0 Å². The van der Waals surface area contributed by atoms with Crippen molar-refractivity contribution in [1.29, 1.82) is 0 Å². The Morgan fingerprint density at radius 1 is 0.355 bits per heavy atom. The van der Waals surface area contributed by atoms with E-state index in [-0.39, 0.29) is 17.8 Å². The Labute approximate surface area is 810 Å². The van der Waals surface area contributed by atoms with Gasteiger partial charge < -0.3 is 69.9 Å². The monoisotopic (exact) mass is 1900 g/mol. The van der Waals surface area contributed by atoms with E-state index < -0.39 is 37.5 Å². The molecule has 7 fully saturated rings. The zero-order valence-electron chi connectivity index (χ0n) is 78.6. The summed E-state index contributed by atoms with van der Waals surface area (Å²) < 4.78 is 48.9. The first-order valence-electron chi connectivity index (χ1n) is 48.5. The largest absolute Gasteiger partial charge is 0.377 e. The molecule has 141 heavy (non-hydrogen) atoms. The summed E-state index contributed by atoms with van der Waals surface area (Å²) in [4.78, 5) is 65.7. The van der Waals surface area contributed by atoms with Crippen LogP contribution in [0.25, 0.3) is 88.6 Å². The number of imidazole rings is 4. The van der Waals surface area contributed by atoms with Gasteiger partial charge in [-0.05, 0) is 287 Å². The molecule has 1 aliphatic heterocycles. The van der Waals surface area contributed by atoms with Gasteiger partial charge in [0.25, 0.3) is 0 Å². The van der Waals surface area contributed by atoms with E-state index in [2.05, 4.69) is 87.6 Å². The topological polar surface area (TPSA) is 476 Å². The fourth-order valence-electron chi connectivity index (χ4n) is 20.3. The summed E-state index contributed by atoms with van der Waals surface area (Å²) in [7, 11) is -3.55. The Hall–Kier alpha value is -14.6. The molecule has 31 nitrogen and oxygen atoms in total. The van der Waals surface area contributed by atoms with Gasteiger partial charge in [-0.1, -0.05) is 63.1 Å². The maximum atomic E-state index is 13.2. The van der Waals surface area contributed by atoms with Crippen LogP contribution >= 0.6 is 0 Å². The third kappa shape index (κ3) is 16.5. The second-order valence-electron chi connectivity index (χ2n) is 38.8. The number of hydrogen-bond donors (Lipinski definition) is 10. The molecule has 0 bridgehead atoms. The molecule has 19 aromatic rings. The molecule has 7 aliphatic rings. The number of rotatable bonds is 24. The van der Waals surface area contributed by atoms with E-state index in [1.807, 2.05) is 163 Å². The second kappa shape index (κ2) is 35.6. The minimum absolute atomic E-state index is 0.0490. The highest BCUT2D eigenvalue weighted by atomic mass is 32.2. The van der Waals surface area contributed by atoms with E-state index >= 15 is 0 Å². The van der Waals surface area contributed by atoms with Gasteiger partial charge >= 0.3 is 0 Å². The van der Waals surface area contributed by atoms with Crippen LogP contribution in [0.3, 0.4) is 0 Å². The van der Waals surface area contributed by atoms with Crippen molar-refractivity contribution in [3.05, 3.63) is 351 Å². The SMILES string of the molecule is Cc1noc(C)c1-c1cc(C(O)(c2ccccn2)C2CCCS2(=O)=O)c2nc(C3CC3)[nH]c2c1.Cc1noc([C@H](C)N)c1-c1cc(C(O)(c2ccccn2)c2ccccn2)c2nc(C3CC3)[nH]c2c1.Cc1onc([C@@H](C)N)c1-c1cc(C(O)(c2ccccn2)c2ccccn2)c2nc(C3CC3)[nH]c2c1.OC(c1ccccn1)(c1ccccn1)c1cc(-c2c(C3CC3)noc2C2CC2)cc2[nH]c(C3CC3)nc12. The summed E-state index contributed by atoms with van der Waals surface area (Å²) in [5.74, 6) is 9.12. The van der Waals surface area contributed by atoms with Crippen LogP contribution in [0.2, 0.25) is 0 Å². The third-order valence-corrected chi connectivity index (χ3v) is 30.7. The van der Waals surface area contributed by atoms with Gasteiger partial charge in [-0.2, -0.15) is 0 Å². The van der Waals surface area contributed by atoms with Crippen LogP contribution in [0.15, 0.2) is 237 Å². The summed E-state index contributed by atoms with van der Waals surface area (Å²) >= 11 is 0. The first kappa shape index (κ1) is 90.2. The van der Waals surface area contributed by atoms with Gasteiger partial charge in [0.15, 0.2) is 38.0 Å². The van der Waals surface area contributed by atoms with Crippen molar-refractivity contribution in [1.82, 2.24) is 95.4 Å². The fourth-order valence-corrected chi connectivity index (χ4v) is 22.5. The van der Waals surface area contributed by atoms with Crippen LogP contribution in [0.5, 0.6) is 0 Å². The van der Waals surface area contributed by atoms with E-state index in [1.54, 1.807) is 85.8 Å². The molecule has 16 heterocycles. The number of nitrogens with zero attached hydrogens (tertiary/aromatic N) is 15. The molecular weight excluding hydrogens is 1800 g/mol. The molecular formula is C109H105N21O10S. The second-order valence-corrected chi connectivity index (χ2v) is 41.1. The lowest BCUT2D eigenvalue weighted by Crippen LogP contribution is -2.44. The maximum absolute atomic E-state index is 13.2. The van der Waals surface area contributed by atoms with Gasteiger partial charge in [0, 0.05) is 129 Å². The van der Waals surface area contributed by atoms with Crippen LogP contribution < -0.4 is 11.5 Å². The smallest absolute Gasteiger partial charge is 0.176 e. The molecule has 2 unspecified atom stereocenters. The predicted molar refractivity (Wildman–Crippen MR) is 528 cm³/mol. The average molecular weight is 1900 g/mol. The van der Waals surface area contributed by atoms with Crippen LogP contribution in [0.1, 0.15) is 283 Å². The van der Waals surface area contributed by atoms with Crippen LogP contribution in [0, 0.1) is 27.7 Å². The Kier molecular flexibility index (Phi) is 22.8. The highest BCUT2D eigenvalue weighted by Crippen LogP contribution is 2.56. The van der Waals surface area contributed by atoms with Crippen molar-refractivity contribution in [2.45, 2.75) is 207 Å². The molecule has 6 saturated carbocycles. The van der Waals surface area contributed by atoms with Crippen molar-refractivity contribution in [3.63, 3.8) is 0 Å². The zero-order valence-corrected chi connectivity index (χ0v) is 79.4. The highest BCUT2D eigenvalue weighted by Gasteiger charge is 2.53. The normalized spacial score (nSPS) is 17.4. The number of aryl methyl sites for hydroxylation is 4. The molecule has 12 N–H and O–H groups in total. The van der Waals surface area contributed by atoms with Crippen molar-refractivity contribution < 1.29 is 46.9 Å².